The lowest BCUT2D eigenvalue weighted by molar-refractivity contribution is -0.164. The summed E-state index contributed by atoms with van der Waals surface area (Å²) in [5.74, 6) is -0.289. The molecule has 0 unspecified atom stereocenters. The number of rotatable bonds is 6. The van der Waals surface area contributed by atoms with Crippen LogP contribution < -0.4 is 0 Å². The summed E-state index contributed by atoms with van der Waals surface area (Å²) in [6, 6.07) is 19.8. The molecule has 136 valence electrons. The zero-order valence-electron chi connectivity index (χ0n) is 15.6. The van der Waals surface area contributed by atoms with Gasteiger partial charge in [-0.3, -0.25) is 4.99 Å². The quantitative estimate of drug-likeness (QED) is 0.743. The number of aliphatic imine (C=N–C) groups is 1. The number of hydrogen-bond donors (Lipinski definition) is 0. The lowest BCUT2D eigenvalue weighted by Gasteiger charge is -2.41. The summed E-state index contributed by atoms with van der Waals surface area (Å²) < 4.78 is 11.3. The van der Waals surface area contributed by atoms with Gasteiger partial charge in [-0.05, 0) is 24.5 Å². The molecule has 2 aromatic carbocycles. The lowest BCUT2D eigenvalue weighted by atomic mass is 9.83. The molecule has 1 aliphatic rings. The normalized spacial score (nSPS) is 25.5. The second kappa shape index (κ2) is 7.42. The van der Waals surface area contributed by atoms with Crippen molar-refractivity contribution in [3.05, 3.63) is 71.8 Å². The van der Waals surface area contributed by atoms with E-state index >= 15 is 0 Å². The van der Waals surface area contributed by atoms with Crippen molar-refractivity contribution in [3.8, 4) is 0 Å². The molecule has 4 nitrogen and oxygen atoms in total. The minimum Gasteiger partial charge on any atom is -0.449 e. The molecule has 0 N–H and O–H groups in total. The Bertz CT molecular complexity index is 788. The first-order valence-corrected chi connectivity index (χ1v) is 8.95. The number of methoxy groups -OCH3 is 1. The van der Waals surface area contributed by atoms with Crippen LogP contribution in [-0.4, -0.2) is 36.5 Å². The van der Waals surface area contributed by atoms with Crippen LogP contribution in [0.25, 0.3) is 0 Å². The average Bonchev–Trinajstić information content (AvgIpc) is 2.66. The maximum absolute atomic E-state index is 13.0. The van der Waals surface area contributed by atoms with E-state index in [1.807, 2.05) is 74.5 Å². The molecule has 0 saturated carbocycles. The molecular weight excluding hydrogens is 326 g/mol. The van der Waals surface area contributed by atoms with Crippen molar-refractivity contribution in [2.45, 2.75) is 37.8 Å². The maximum atomic E-state index is 13.0. The van der Waals surface area contributed by atoms with Crippen LogP contribution in [0.2, 0.25) is 0 Å². The van der Waals surface area contributed by atoms with Gasteiger partial charge in [0.25, 0.3) is 0 Å². The summed E-state index contributed by atoms with van der Waals surface area (Å²) in [7, 11) is 1.60. The van der Waals surface area contributed by atoms with Gasteiger partial charge in [-0.15, -0.1) is 0 Å². The van der Waals surface area contributed by atoms with Gasteiger partial charge in [0.1, 0.15) is 0 Å². The van der Waals surface area contributed by atoms with E-state index in [0.717, 1.165) is 16.8 Å². The van der Waals surface area contributed by atoms with Crippen molar-refractivity contribution in [2.75, 3.05) is 13.7 Å². The van der Waals surface area contributed by atoms with Crippen molar-refractivity contribution in [1.82, 2.24) is 0 Å². The van der Waals surface area contributed by atoms with Crippen LogP contribution in [0, 0.1) is 0 Å². The molecule has 0 fully saturated rings. The molecular formula is C22H25NO3. The third-order valence-corrected chi connectivity index (χ3v) is 4.92. The lowest BCUT2D eigenvalue weighted by Crippen LogP contribution is -2.56. The third-order valence-electron chi connectivity index (χ3n) is 4.92. The molecule has 0 aliphatic carbocycles. The topological polar surface area (TPSA) is 47.9 Å². The number of nitrogens with zero attached hydrogens (tertiary/aromatic N) is 1. The fourth-order valence-corrected chi connectivity index (χ4v) is 3.46. The van der Waals surface area contributed by atoms with Gasteiger partial charge in [0.15, 0.2) is 11.1 Å². The van der Waals surface area contributed by atoms with Gasteiger partial charge < -0.3 is 9.47 Å². The second-order valence-corrected chi connectivity index (χ2v) is 6.93. The number of ether oxygens (including phenoxy) is 2. The Morgan fingerprint density at radius 1 is 1.04 bits per heavy atom. The molecule has 0 saturated heterocycles. The first-order valence-electron chi connectivity index (χ1n) is 8.95. The predicted octanol–water partition coefficient (Wildman–Crippen LogP) is 3.83. The fraction of sp³-hybridized carbons (Fsp3) is 0.364. The second-order valence-electron chi connectivity index (χ2n) is 6.93. The minimum absolute atomic E-state index is 0.262. The molecule has 1 aliphatic heterocycles. The summed E-state index contributed by atoms with van der Waals surface area (Å²) in [6.45, 7) is 4.11. The number of benzene rings is 2. The first kappa shape index (κ1) is 18.3. The molecule has 0 radical (unpaired) electrons. The van der Waals surface area contributed by atoms with Gasteiger partial charge in [-0.1, -0.05) is 67.6 Å². The molecule has 26 heavy (non-hydrogen) atoms. The zero-order chi connectivity index (χ0) is 18.6. The third kappa shape index (κ3) is 3.42. The van der Waals surface area contributed by atoms with Crippen LogP contribution in [-0.2, 0) is 20.7 Å². The number of carbonyl (C=O) groups excluding carboxylic acids is 1. The van der Waals surface area contributed by atoms with Crippen molar-refractivity contribution in [1.29, 1.82) is 0 Å². The Morgan fingerprint density at radius 2 is 1.65 bits per heavy atom. The van der Waals surface area contributed by atoms with Crippen LogP contribution in [0.4, 0.5) is 0 Å². The van der Waals surface area contributed by atoms with E-state index in [0.29, 0.717) is 12.8 Å². The van der Waals surface area contributed by atoms with Gasteiger partial charge >= 0.3 is 5.97 Å². The summed E-state index contributed by atoms with van der Waals surface area (Å²) >= 11 is 0. The summed E-state index contributed by atoms with van der Waals surface area (Å²) in [6.07, 6.45) is 1.09. The highest BCUT2D eigenvalue weighted by Crippen LogP contribution is 2.35. The van der Waals surface area contributed by atoms with Crippen molar-refractivity contribution in [3.63, 3.8) is 0 Å². The standard InChI is InChI=1S/C22H25NO3/c1-4-22(15-17-11-7-5-8-12-17)20(24)26-21(2,16-25-3)19(23-22)18-13-9-6-10-14-18/h5-14H,4,15-16H2,1-3H3/t21-,22-/m0/s1. The molecule has 1 heterocycles. The highest BCUT2D eigenvalue weighted by molar-refractivity contribution is 6.10. The van der Waals surface area contributed by atoms with Gasteiger partial charge in [-0.2, -0.15) is 0 Å². The van der Waals surface area contributed by atoms with Gasteiger partial charge in [0, 0.05) is 13.5 Å². The summed E-state index contributed by atoms with van der Waals surface area (Å²) in [5.41, 5.74) is 0.961. The van der Waals surface area contributed by atoms with E-state index < -0.39 is 11.1 Å². The first-order chi connectivity index (χ1) is 12.5. The van der Waals surface area contributed by atoms with Gasteiger partial charge in [-0.25, -0.2) is 4.79 Å². The largest absolute Gasteiger partial charge is 0.449 e. The van der Waals surface area contributed by atoms with Crippen LogP contribution in [0.3, 0.4) is 0 Å². The molecule has 0 aromatic heterocycles. The SMILES string of the molecule is CC[C@@]1(Cc2ccccc2)N=C(c2ccccc2)[C@](C)(COC)OC1=O. The summed E-state index contributed by atoms with van der Waals surface area (Å²) in [5, 5.41) is 0. The smallest absolute Gasteiger partial charge is 0.335 e. The molecule has 0 spiro atoms. The highest BCUT2D eigenvalue weighted by atomic mass is 16.6. The Kier molecular flexibility index (Phi) is 5.23. The van der Waals surface area contributed by atoms with E-state index in [1.165, 1.54) is 0 Å². The Morgan fingerprint density at radius 3 is 2.23 bits per heavy atom. The van der Waals surface area contributed by atoms with E-state index in [1.54, 1.807) is 7.11 Å². The Labute approximate surface area is 154 Å². The molecule has 4 heteroatoms. The Hall–Kier alpha value is -2.46. The molecule has 3 rings (SSSR count). The molecule has 2 aromatic rings. The van der Waals surface area contributed by atoms with Crippen molar-refractivity contribution < 1.29 is 14.3 Å². The van der Waals surface area contributed by atoms with Crippen LogP contribution in [0.5, 0.6) is 0 Å². The van der Waals surface area contributed by atoms with E-state index in [2.05, 4.69) is 0 Å². The van der Waals surface area contributed by atoms with E-state index in [4.69, 9.17) is 14.5 Å². The van der Waals surface area contributed by atoms with Gasteiger partial charge in [0.2, 0.25) is 0 Å². The summed E-state index contributed by atoms with van der Waals surface area (Å²) in [4.78, 5) is 18.0. The zero-order valence-corrected chi connectivity index (χ0v) is 15.6. The van der Waals surface area contributed by atoms with Crippen LogP contribution in [0.15, 0.2) is 65.7 Å². The van der Waals surface area contributed by atoms with Crippen LogP contribution in [0.1, 0.15) is 31.4 Å². The van der Waals surface area contributed by atoms with E-state index in [-0.39, 0.29) is 12.6 Å². The minimum atomic E-state index is -0.917. The average molecular weight is 351 g/mol. The van der Waals surface area contributed by atoms with E-state index in [9.17, 15) is 4.79 Å². The predicted molar refractivity (Wildman–Crippen MR) is 103 cm³/mol. The number of esters is 1. The maximum Gasteiger partial charge on any atom is 0.335 e. The number of cyclic esters (lactones) is 1. The fourth-order valence-electron chi connectivity index (χ4n) is 3.46. The number of hydrogen-bond acceptors (Lipinski definition) is 4. The highest BCUT2D eigenvalue weighted by Gasteiger charge is 2.50. The monoisotopic (exact) mass is 351 g/mol. The number of carbonyl (C=O) groups is 1. The van der Waals surface area contributed by atoms with Crippen LogP contribution >= 0.6 is 0 Å². The molecule has 0 bridgehead atoms. The Balaban J connectivity index is 2.11. The molecule has 2 atom stereocenters. The molecule has 0 amide bonds. The van der Waals surface area contributed by atoms with Gasteiger partial charge in [0.05, 0.1) is 12.3 Å². The van der Waals surface area contributed by atoms with Crippen molar-refractivity contribution >= 4 is 11.7 Å². The van der Waals surface area contributed by atoms with Crippen molar-refractivity contribution in [2.24, 2.45) is 4.99 Å².